The first kappa shape index (κ1) is 44.1. The van der Waals surface area contributed by atoms with Crippen LogP contribution in [-0.2, 0) is 31.9 Å². The lowest BCUT2D eigenvalue weighted by atomic mass is 9.84. The lowest BCUT2D eigenvalue weighted by Crippen LogP contribution is -2.38. The van der Waals surface area contributed by atoms with Crippen LogP contribution in [0.3, 0.4) is 0 Å². The maximum Gasteiger partial charge on any atom is 0.343 e. The van der Waals surface area contributed by atoms with E-state index in [9.17, 15) is 14.4 Å². The third kappa shape index (κ3) is 14.4. The molecule has 4 rings (SSSR count). The third-order valence-electron chi connectivity index (χ3n) is 11.2. The van der Waals surface area contributed by atoms with Crippen molar-refractivity contribution in [1.82, 2.24) is 0 Å². The largest absolute Gasteiger partial charge is 0.494 e. The minimum Gasteiger partial charge on any atom is -0.494 e. The van der Waals surface area contributed by atoms with E-state index in [0.717, 1.165) is 51.4 Å². The van der Waals surface area contributed by atoms with Crippen LogP contribution in [0.5, 0.6) is 17.2 Å². The Balaban J connectivity index is 1.41. The van der Waals surface area contributed by atoms with E-state index in [2.05, 4.69) is 13.8 Å². The first-order valence-corrected chi connectivity index (χ1v) is 21.3. The first-order valence-electron chi connectivity index (χ1n) is 21.3. The molecule has 2 saturated carbocycles. The highest BCUT2D eigenvalue weighted by molar-refractivity contribution is 5.93. The van der Waals surface area contributed by atoms with Crippen molar-refractivity contribution in [3.8, 4) is 17.2 Å². The third-order valence-corrected chi connectivity index (χ3v) is 11.2. The van der Waals surface area contributed by atoms with Crippen LogP contribution in [0.25, 0.3) is 0 Å². The van der Waals surface area contributed by atoms with Crippen LogP contribution in [0.1, 0.15) is 152 Å². The van der Waals surface area contributed by atoms with E-state index in [1.165, 1.54) is 51.4 Å². The normalized spacial score (nSPS) is 20.9. The molecule has 2 aromatic rings. The highest BCUT2D eigenvalue weighted by Crippen LogP contribution is 2.33. The number of carbonyl (C=O) groups is 3. The van der Waals surface area contributed by atoms with Gasteiger partial charge in [-0.15, -0.1) is 0 Å². The second-order valence-electron chi connectivity index (χ2n) is 15.6. The van der Waals surface area contributed by atoms with Crippen molar-refractivity contribution in [2.75, 3.05) is 13.2 Å². The van der Waals surface area contributed by atoms with Crippen LogP contribution < -0.4 is 25.7 Å². The second kappa shape index (κ2) is 23.4. The van der Waals surface area contributed by atoms with E-state index in [1.54, 1.807) is 36.4 Å². The molecule has 0 spiro atoms. The van der Waals surface area contributed by atoms with E-state index < -0.39 is 30.0 Å². The summed E-state index contributed by atoms with van der Waals surface area (Å²) in [5.74, 6) is 0.987. The van der Waals surface area contributed by atoms with Crippen LogP contribution in [0.4, 0.5) is 0 Å². The fraction of sp³-hybridized carbons (Fsp3) is 0.667. The average molecular weight is 765 g/mol. The molecule has 0 aliphatic heterocycles. The van der Waals surface area contributed by atoms with Crippen molar-refractivity contribution in [3.05, 3.63) is 53.1 Å². The van der Waals surface area contributed by atoms with Crippen LogP contribution in [-0.4, -0.2) is 55.4 Å². The molecule has 306 valence electrons. The number of esters is 3. The molecule has 4 N–H and O–H groups in total. The molecular weight excluding hydrogens is 697 g/mol. The number of rotatable bonds is 22. The van der Waals surface area contributed by atoms with Gasteiger partial charge in [0.05, 0.1) is 18.8 Å². The second-order valence-corrected chi connectivity index (χ2v) is 15.6. The van der Waals surface area contributed by atoms with Gasteiger partial charge in [-0.05, 0) is 113 Å². The molecule has 0 saturated heterocycles. The molecule has 2 fully saturated rings. The number of carbonyl (C=O) groups excluding carboxylic acids is 3. The first-order chi connectivity index (χ1) is 26.6. The fourth-order valence-electron chi connectivity index (χ4n) is 7.98. The fourth-order valence-corrected chi connectivity index (χ4v) is 7.98. The Labute approximate surface area is 329 Å². The van der Waals surface area contributed by atoms with Crippen molar-refractivity contribution in [1.29, 1.82) is 0 Å². The summed E-state index contributed by atoms with van der Waals surface area (Å²) in [7, 11) is 0. The van der Waals surface area contributed by atoms with Gasteiger partial charge < -0.3 is 35.2 Å². The smallest absolute Gasteiger partial charge is 0.343 e. The Hall–Kier alpha value is -3.63. The zero-order valence-electron chi connectivity index (χ0n) is 34.0. The average Bonchev–Trinajstić information content (AvgIpc) is 3.18. The Morgan fingerprint density at radius 1 is 0.618 bits per heavy atom. The van der Waals surface area contributed by atoms with Crippen LogP contribution in [0.15, 0.2) is 36.4 Å². The summed E-state index contributed by atoms with van der Waals surface area (Å²) < 4.78 is 29.2. The van der Waals surface area contributed by atoms with Gasteiger partial charge in [-0.3, -0.25) is 9.59 Å². The standard InChI is InChI=1S/C45H68N2O8/c1-5-9-11-13-31-15-21-35(22-16-31)53-44(49)40(46)27-33-19-25-37(51-7-3)29-39(33)43(48)55-42-30-38(52-8-4)26-20-34(42)28-41(47)45(50)54-36-23-17-32(18-24-36)14-12-10-6-2/h19-20,25-26,29-32,35-36,40-41H,5-18,21-24,27-28,46-47H2,1-4H3. The van der Waals surface area contributed by atoms with Gasteiger partial charge in [-0.1, -0.05) is 77.3 Å². The SMILES string of the molecule is CCCCCC1CCC(OC(=O)C(N)Cc2ccc(OCC)cc2OC(=O)c2cc(OCC)ccc2CC(N)C(=O)OC2CCC(CCCCC)CC2)CC1. The Bertz CT molecular complexity index is 1480. The summed E-state index contributed by atoms with van der Waals surface area (Å²) in [5.41, 5.74) is 14.1. The van der Waals surface area contributed by atoms with E-state index in [1.807, 2.05) is 13.8 Å². The van der Waals surface area contributed by atoms with Crippen molar-refractivity contribution in [2.24, 2.45) is 23.3 Å². The lowest BCUT2D eigenvalue weighted by Gasteiger charge is -2.29. The van der Waals surface area contributed by atoms with Crippen molar-refractivity contribution in [3.63, 3.8) is 0 Å². The molecular formula is C45H68N2O8. The quantitative estimate of drug-likeness (QED) is 0.0677. The molecule has 10 heteroatoms. The molecule has 10 nitrogen and oxygen atoms in total. The van der Waals surface area contributed by atoms with Gasteiger partial charge in [0.2, 0.25) is 0 Å². The topological polar surface area (TPSA) is 149 Å². The van der Waals surface area contributed by atoms with Gasteiger partial charge in [0.25, 0.3) is 0 Å². The zero-order chi connectivity index (χ0) is 39.6. The van der Waals surface area contributed by atoms with Gasteiger partial charge >= 0.3 is 17.9 Å². The van der Waals surface area contributed by atoms with Gasteiger partial charge in [-0.25, -0.2) is 4.79 Å². The molecule has 0 bridgehead atoms. The Morgan fingerprint density at radius 3 is 1.55 bits per heavy atom. The van der Waals surface area contributed by atoms with Crippen molar-refractivity contribution in [2.45, 2.75) is 168 Å². The van der Waals surface area contributed by atoms with Crippen molar-refractivity contribution >= 4 is 17.9 Å². The minimum atomic E-state index is -0.969. The maximum absolute atomic E-state index is 14.0. The van der Waals surface area contributed by atoms with Crippen LogP contribution >= 0.6 is 0 Å². The Morgan fingerprint density at radius 2 is 1.07 bits per heavy atom. The molecule has 0 heterocycles. The minimum absolute atomic E-state index is 0.0746. The number of nitrogens with two attached hydrogens (primary N) is 2. The van der Waals surface area contributed by atoms with Gasteiger partial charge in [-0.2, -0.15) is 0 Å². The maximum atomic E-state index is 14.0. The van der Waals surface area contributed by atoms with E-state index in [-0.39, 0.29) is 36.4 Å². The van der Waals surface area contributed by atoms with E-state index >= 15 is 0 Å². The van der Waals surface area contributed by atoms with Crippen molar-refractivity contribution < 1.29 is 38.1 Å². The van der Waals surface area contributed by atoms with E-state index in [0.29, 0.717) is 47.7 Å². The highest BCUT2D eigenvalue weighted by Gasteiger charge is 2.29. The molecule has 2 unspecified atom stereocenters. The molecule has 0 radical (unpaired) electrons. The summed E-state index contributed by atoms with van der Waals surface area (Å²) in [6.45, 7) is 8.97. The molecule has 0 amide bonds. The van der Waals surface area contributed by atoms with Crippen LogP contribution in [0.2, 0.25) is 0 Å². The number of hydrogen-bond donors (Lipinski definition) is 2. The number of benzene rings is 2. The highest BCUT2D eigenvalue weighted by atomic mass is 16.6. The molecule has 0 aromatic heterocycles. The lowest BCUT2D eigenvalue weighted by molar-refractivity contribution is -0.153. The molecule has 55 heavy (non-hydrogen) atoms. The molecule has 2 atom stereocenters. The zero-order valence-corrected chi connectivity index (χ0v) is 34.0. The Kier molecular flexibility index (Phi) is 18.8. The van der Waals surface area contributed by atoms with Gasteiger partial charge in [0.15, 0.2) is 0 Å². The molecule has 2 aliphatic rings. The summed E-state index contributed by atoms with van der Waals surface area (Å²) in [5, 5.41) is 0. The monoisotopic (exact) mass is 764 g/mol. The summed E-state index contributed by atoms with van der Waals surface area (Å²) >= 11 is 0. The van der Waals surface area contributed by atoms with Crippen LogP contribution in [0, 0.1) is 11.8 Å². The summed E-state index contributed by atoms with van der Waals surface area (Å²) in [6.07, 6.45) is 17.5. The van der Waals surface area contributed by atoms with Gasteiger partial charge in [0, 0.05) is 12.5 Å². The van der Waals surface area contributed by atoms with Gasteiger partial charge in [0.1, 0.15) is 41.5 Å². The number of unbranched alkanes of at least 4 members (excludes halogenated alkanes) is 4. The molecule has 2 aliphatic carbocycles. The summed E-state index contributed by atoms with van der Waals surface area (Å²) in [6, 6.07) is 8.31. The summed E-state index contributed by atoms with van der Waals surface area (Å²) in [4.78, 5) is 40.4. The predicted octanol–water partition coefficient (Wildman–Crippen LogP) is 8.81. The number of ether oxygens (including phenoxy) is 5. The molecule has 2 aromatic carbocycles. The van der Waals surface area contributed by atoms with E-state index in [4.69, 9.17) is 35.2 Å². The number of hydrogen-bond acceptors (Lipinski definition) is 10. The predicted molar refractivity (Wildman–Crippen MR) is 215 cm³/mol.